The lowest BCUT2D eigenvalue weighted by atomic mass is 10.1. The number of hydrogen-bond donors (Lipinski definition) is 1. The van der Waals surface area contributed by atoms with Gasteiger partial charge in [-0.15, -0.1) is 0 Å². The molecule has 0 spiro atoms. The third-order valence-electron chi connectivity index (χ3n) is 3.98. The number of amidine groups is 1. The molecule has 0 bridgehead atoms. The predicted molar refractivity (Wildman–Crippen MR) is 77.6 cm³/mol. The Morgan fingerprint density at radius 2 is 2.06 bits per heavy atom. The van der Waals surface area contributed by atoms with E-state index in [2.05, 4.69) is 31.0 Å². The van der Waals surface area contributed by atoms with Crippen LogP contribution in [0.3, 0.4) is 0 Å². The van der Waals surface area contributed by atoms with Crippen molar-refractivity contribution in [2.75, 3.05) is 19.6 Å². The monoisotopic (exact) mass is 253 g/mol. The molecule has 1 aliphatic heterocycles. The molecule has 1 N–H and O–H groups in total. The average Bonchev–Trinajstić information content (AvgIpc) is 2.77. The zero-order valence-corrected chi connectivity index (χ0v) is 12.2. The minimum absolute atomic E-state index is 0.327. The number of quaternary nitrogens is 1. The SMILES string of the molecule is CCC/C=C/CCCC1=NCC[N+]1(CC)C(C)O. The Labute approximate surface area is 112 Å². The van der Waals surface area contributed by atoms with Gasteiger partial charge in [0.15, 0.2) is 6.23 Å². The fourth-order valence-corrected chi connectivity index (χ4v) is 2.72. The van der Waals surface area contributed by atoms with Crippen LogP contribution in [0.25, 0.3) is 0 Å². The summed E-state index contributed by atoms with van der Waals surface area (Å²) in [4.78, 5) is 4.62. The van der Waals surface area contributed by atoms with Crippen LogP contribution in [0.5, 0.6) is 0 Å². The smallest absolute Gasteiger partial charge is 0.200 e. The average molecular weight is 253 g/mol. The molecule has 18 heavy (non-hydrogen) atoms. The second kappa shape index (κ2) is 7.70. The van der Waals surface area contributed by atoms with Crippen LogP contribution >= 0.6 is 0 Å². The maximum absolute atomic E-state index is 10.0. The van der Waals surface area contributed by atoms with Gasteiger partial charge in [0.1, 0.15) is 6.54 Å². The van der Waals surface area contributed by atoms with Gasteiger partial charge in [0.05, 0.1) is 13.1 Å². The predicted octanol–water partition coefficient (Wildman–Crippen LogP) is 3.10. The first kappa shape index (κ1) is 15.4. The Bertz CT molecular complexity index is 297. The molecule has 0 saturated heterocycles. The third kappa shape index (κ3) is 3.66. The van der Waals surface area contributed by atoms with E-state index in [1.54, 1.807) is 0 Å². The molecule has 0 fully saturated rings. The lowest BCUT2D eigenvalue weighted by Crippen LogP contribution is -2.56. The van der Waals surface area contributed by atoms with E-state index < -0.39 is 0 Å². The van der Waals surface area contributed by atoms with Crippen molar-refractivity contribution in [2.45, 2.75) is 59.1 Å². The summed E-state index contributed by atoms with van der Waals surface area (Å²) in [5.41, 5.74) is 0. The van der Waals surface area contributed by atoms with Gasteiger partial charge < -0.3 is 5.11 Å². The van der Waals surface area contributed by atoms with E-state index in [0.29, 0.717) is 4.48 Å². The number of allylic oxidation sites excluding steroid dienone is 2. The first-order chi connectivity index (χ1) is 8.67. The fraction of sp³-hybridized carbons (Fsp3) is 0.800. The quantitative estimate of drug-likeness (QED) is 0.402. The Morgan fingerprint density at radius 3 is 2.67 bits per heavy atom. The van der Waals surface area contributed by atoms with Crippen LogP contribution in [-0.4, -0.2) is 41.3 Å². The number of aliphatic hydroxyl groups excluding tert-OH is 1. The van der Waals surface area contributed by atoms with E-state index in [-0.39, 0.29) is 6.23 Å². The molecule has 3 nitrogen and oxygen atoms in total. The number of aliphatic hydroxyl groups is 1. The summed E-state index contributed by atoms with van der Waals surface area (Å²) >= 11 is 0. The van der Waals surface area contributed by atoms with E-state index in [1.165, 1.54) is 18.7 Å². The summed E-state index contributed by atoms with van der Waals surface area (Å²) in [7, 11) is 0. The molecule has 1 rings (SSSR count). The standard InChI is InChI=1S/C15H29N2O/c1-4-6-7-8-9-10-11-15-16-12-13-17(15,5-2)14(3)18/h7-8,14,18H,4-6,9-13H2,1-3H3/q+1/b8-7+. The Hall–Kier alpha value is -0.670. The minimum Gasteiger partial charge on any atom is -0.345 e. The number of likely N-dealkylation sites (N-methyl/N-ethyl adjacent to an activating group) is 1. The highest BCUT2D eigenvalue weighted by atomic mass is 16.3. The molecule has 104 valence electrons. The molecule has 0 aromatic carbocycles. The van der Waals surface area contributed by atoms with Gasteiger partial charge in [-0.1, -0.05) is 25.5 Å². The summed E-state index contributed by atoms with van der Waals surface area (Å²) in [5.74, 6) is 1.20. The van der Waals surface area contributed by atoms with Gasteiger partial charge in [-0.25, -0.2) is 4.99 Å². The van der Waals surface area contributed by atoms with Crippen molar-refractivity contribution in [3.8, 4) is 0 Å². The van der Waals surface area contributed by atoms with Crippen LogP contribution < -0.4 is 0 Å². The Balaban J connectivity index is 2.41. The molecule has 1 aliphatic rings. The number of unbranched alkanes of at least 4 members (excludes halogenated alkanes) is 2. The van der Waals surface area contributed by atoms with Crippen LogP contribution in [0.1, 0.15) is 52.9 Å². The van der Waals surface area contributed by atoms with Crippen molar-refractivity contribution in [3.05, 3.63) is 12.2 Å². The second-order valence-electron chi connectivity index (χ2n) is 5.16. The maximum Gasteiger partial charge on any atom is 0.200 e. The number of nitrogens with zero attached hydrogens (tertiary/aromatic N) is 2. The summed E-state index contributed by atoms with van der Waals surface area (Å²) in [6.45, 7) is 9.03. The molecule has 0 saturated carbocycles. The van der Waals surface area contributed by atoms with Gasteiger partial charge >= 0.3 is 0 Å². The van der Waals surface area contributed by atoms with Gasteiger partial charge in [-0.3, -0.25) is 4.48 Å². The highest BCUT2D eigenvalue weighted by Crippen LogP contribution is 2.22. The highest BCUT2D eigenvalue weighted by molar-refractivity contribution is 5.76. The van der Waals surface area contributed by atoms with Crippen LogP contribution in [0.2, 0.25) is 0 Å². The molecule has 0 aliphatic carbocycles. The van der Waals surface area contributed by atoms with E-state index in [4.69, 9.17) is 0 Å². The van der Waals surface area contributed by atoms with E-state index in [0.717, 1.165) is 38.9 Å². The van der Waals surface area contributed by atoms with Gasteiger partial charge in [0.2, 0.25) is 5.84 Å². The Morgan fingerprint density at radius 1 is 1.33 bits per heavy atom. The molecule has 2 atom stereocenters. The van der Waals surface area contributed by atoms with Crippen molar-refractivity contribution in [1.29, 1.82) is 0 Å². The first-order valence-corrected chi connectivity index (χ1v) is 7.41. The van der Waals surface area contributed by atoms with Crippen LogP contribution in [-0.2, 0) is 0 Å². The number of hydrogen-bond acceptors (Lipinski definition) is 2. The number of aliphatic imine (C=N–C) groups is 1. The van der Waals surface area contributed by atoms with Gasteiger partial charge in [-0.2, -0.15) is 0 Å². The lowest BCUT2D eigenvalue weighted by Gasteiger charge is -2.36. The van der Waals surface area contributed by atoms with Crippen molar-refractivity contribution in [2.24, 2.45) is 4.99 Å². The van der Waals surface area contributed by atoms with Crippen LogP contribution in [0.15, 0.2) is 17.1 Å². The number of rotatable bonds is 8. The summed E-state index contributed by atoms with van der Waals surface area (Å²) < 4.78 is 0.693. The van der Waals surface area contributed by atoms with Crippen LogP contribution in [0.4, 0.5) is 0 Å². The molecule has 0 amide bonds. The molecule has 0 radical (unpaired) electrons. The zero-order valence-electron chi connectivity index (χ0n) is 12.2. The highest BCUT2D eigenvalue weighted by Gasteiger charge is 2.40. The molecular formula is C15H29N2O+. The maximum atomic E-state index is 10.0. The lowest BCUT2D eigenvalue weighted by molar-refractivity contribution is -0.882. The van der Waals surface area contributed by atoms with Gasteiger partial charge in [-0.05, 0) is 26.2 Å². The normalized spacial score (nSPS) is 25.7. The summed E-state index contributed by atoms with van der Waals surface area (Å²) in [6.07, 6.45) is 9.93. The fourth-order valence-electron chi connectivity index (χ4n) is 2.72. The molecule has 0 aromatic heterocycles. The van der Waals surface area contributed by atoms with E-state index in [9.17, 15) is 5.11 Å². The topological polar surface area (TPSA) is 32.6 Å². The molecule has 2 unspecified atom stereocenters. The third-order valence-corrected chi connectivity index (χ3v) is 3.98. The first-order valence-electron chi connectivity index (χ1n) is 7.41. The van der Waals surface area contributed by atoms with Crippen molar-refractivity contribution >= 4 is 5.84 Å². The van der Waals surface area contributed by atoms with Gasteiger partial charge in [0, 0.05) is 13.3 Å². The van der Waals surface area contributed by atoms with Crippen molar-refractivity contribution in [3.63, 3.8) is 0 Å². The van der Waals surface area contributed by atoms with E-state index in [1.807, 2.05) is 6.92 Å². The molecule has 0 aromatic rings. The van der Waals surface area contributed by atoms with Crippen LogP contribution in [0, 0.1) is 0 Å². The van der Waals surface area contributed by atoms with Crippen molar-refractivity contribution < 1.29 is 9.59 Å². The minimum atomic E-state index is -0.327. The molecule has 3 heteroatoms. The largest absolute Gasteiger partial charge is 0.345 e. The summed E-state index contributed by atoms with van der Waals surface area (Å²) in [5, 5.41) is 10.0. The Kier molecular flexibility index (Phi) is 6.58. The molecular weight excluding hydrogens is 224 g/mol. The van der Waals surface area contributed by atoms with Crippen molar-refractivity contribution in [1.82, 2.24) is 0 Å². The second-order valence-corrected chi connectivity index (χ2v) is 5.16. The molecule has 1 heterocycles. The summed E-state index contributed by atoms with van der Waals surface area (Å²) in [6, 6.07) is 0. The van der Waals surface area contributed by atoms with E-state index >= 15 is 0 Å². The van der Waals surface area contributed by atoms with Gasteiger partial charge in [0.25, 0.3) is 0 Å². The zero-order chi connectivity index (χ0) is 13.4.